The van der Waals surface area contributed by atoms with Crippen LogP contribution >= 0.6 is 0 Å². The molecule has 0 unspecified atom stereocenters. The monoisotopic (exact) mass is 364 g/mol. The van der Waals surface area contributed by atoms with Crippen LogP contribution in [0.4, 0.5) is 24.5 Å². The highest BCUT2D eigenvalue weighted by Crippen LogP contribution is 2.36. The zero-order chi connectivity index (χ0) is 18.6. The molecule has 26 heavy (non-hydrogen) atoms. The smallest absolute Gasteiger partial charge is 0.416 e. The minimum absolute atomic E-state index is 0.163. The average Bonchev–Trinajstić information content (AvgIpc) is 3.13. The lowest BCUT2D eigenvalue weighted by Gasteiger charge is -2.31. The van der Waals surface area contributed by atoms with Crippen molar-refractivity contribution >= 4 is 23.4 Å². The Kier molecular flexibility index (Phi) is 5.35. The molecule has 0 bridgehead atoms. The number of amides is 1. The summed E-state index contributed by atoms with van der Waals surface area (Å²) in [6, 6.07) is 6.83. The topological polar surface area (TPSA) is 45.5 Å². The van der Waals surface area contributed by atoms with Gasteiger partial charge in [-0.3, -0.25) is 4.79 Å². The molecule has 138 valence electrons. The summed E-state index contributed by atoms with van der Waals surface area (Å²) in [6.07, 6.45) is 2.76. The maximum atomic E-state index is 13.1. The molecule has 0 aliphatic carbocycles. The van der Waals surface area contributed by atoms with Gasteiger partial charge in [-0.15, -0.1) is 0 Å². The zero-order valence-corrected chi connectivity index (χ0v) is 14.1. The van der Waals surface area contributed by atoms with Crippen LogP contribution in [0.5, 0.6) is 0 Å². The van der Waals surface area contributed by atoms with Gasteiger partial charge < -0.3 is 14.6 Å². The predicted octanol–water partition coefficient (Wildman–Crippen LogP) is 4.94. The third-order valence-corrected chi connectivity index (χ3v) is 4.22. The maximum absolute atomic E-state index is 13.1. The summed E-state index contributed by atoms with van der Waals surface area (Å²) in [5.74, 6) is -0.0283. The molecule has 1 N–H and O–H groups in total. The average molecular weight is 364 g/mol. The molecule has 1 aliphatic heterocycles. The van der Waals surface area contributed by atoms with E-state index in [9.17, 15) is 18.0 Å². The van der Waals surface area contributed by atoms with E-state index in [1.807, 2.05) is 4.90 Å². The summed E-state index contributed by atoms with van der Waals surface area (Å²) in [4.78, 5) is 14.2. The Balaban J connectivity index is 1.85. The Labute approximate surface area is 149 Å². The Bertz CT molecular complexity index is 777. The minimum Gasteiger partial charge on any atom is -0.465 e. The second-order valence-electron chi connectivity index (χ2n) is 6.12. The van der Waals surface area contributed by atoms with Crippen molar-refractivity contribution in [2.75, 3.05) is 23.3 Å². The molecule has 7 heteroatoms. The fraction of sp³-hybridized carbons (Fsp3) is 0.316. The number of piperidine rings is 1. The van der Waals surface area contributed by atoms with Gasteiger partial charge in [-0.25, -0.2) is 0 Å². The first-order valence-corrected chi connectivity index (χ1v) is 8.42. The van der Waals surface area contributed by atoms with Gasteiger partial charge in [0.1, 0.15) is 5.76 Å². The largest absolute Gasteiger partial charge is 0.465 e. The molecule has 0 saturated carbocycles. The third kappa shape index (κ3) is 4.47. The lowest BCUT2D eigenvalue weighted by atomic mass is 10.1. The van der Waals surface area contributed by atoms with Crippen molar-refractivity contribution in [3.8, 4) is 0 Å². The summed E-state index contributed by atoms with van der Waals surface area (Å²) in [7, 11) is 0. The fourth-order valence-electron chi connectivity index (χ4n) is 2.94. The van der Waals surface area contributed by atoms with Crippen LogP contribution in [0.3, 0.4) is 0 Å². The second-order valence-corrected chi connectivity index (χ2v) is 6.12. The SMILES string of the molecule is O=C(/C=C/c1ccco1)Nc1cc(C(F)(F)F)ccc1N1CCCCC1. The van der Waals surface area contributed by atoms with E-state index in [1.54, 1.807) is 12.1 Å². The van der Waals surface area contributed by atoms with E-state index in [0.29, 0.717) is 11.4 Å². The van der Waals surface area contributed by atoms with E-state index in [-0.39, 0.29) is 5.69 Å². The number of anilines is 2. The quantitative estimate of drug-likeness (QED) is 0.782. The van der Waals surface area contributed by atoms with Gasteiger partial charge in [0.05, 0.1) is 23.2 Å². The number of carbonyl (C=O) groups is 1. The van der Waals surface area contributed by atoms with E-state index < -0.39 is 17.6 Å². The molecule has 0 atom stereocenters. The molecule has 0 radical (unpaired) electrons. The molecule has 1 amide bonds. The lowest BCUT2D eigenvalue weighted by Crippen LogP contribution is -2.30. The Morgan fingerprint density at radius 2 is 1.92 bits per heavy atom. The van der Waals surface area contributed by atoms with Crippen molar-refractivity contribution in [3.05, 3.63) is 54.0 Å². The predicted molar refractivity (Wildman–Crippen MR) is 93.9 cm³/mol. The normalized spacial score (nSPS) is 15.4. The Hall–Kier alpha value is -2.70. The fourth-order valence-corrected chi connectivity index (χ4v) is 2.94. The van der Waals surface area contributed by atoms with Crippen molar-refractivity contribution < 1.29 is 22.4 Å². The molecular formula is C19H19F3N2O2. The highest BCUT2D eigenvalue weighted by molar-refractivity contribution is 6.03. The molecule has 2 aromatic rings. The zero-order valence-electron chi connectivity index (χ0n) is 14.1. The number of carbonyl (C=O) groups excluding carboxylic acids is 1. The summed E-state index contributed by atoms with van der Waals surface area (Å²) in [5, 5.41) is 2.57. The van der Waals surface area contributed by atoms with Crippen molar-refractivity contribution in [1.82, 2.24) is 0 Å². The van der Waals surface area contributed by atoms with Crippen molar-refractivity contribution in [2.45, 2.75) is 25.4 Å². The third-order valence-electron chi connectivity index (χ3n) is 4.22. The summed E-state index contributed by atoms with van der Waals surface area (Å²) in [6.45, 7) is 1.52. The molecule has 1 aromatic carbocycles. The van der Waals surface area contributed by atoms with Crippen LogP contribution in [0, 0.1) is 0 Å². The molecule has 3 rings (SSSR count). The van der Waals surface area contributed by atoms with Crippen LogP contribution in [0.1, 0.15) is 30.6 Å². The highest BCUT2D eigenvalue weighted by atomic mass is 19.4. The second kappa shape index (κ2) is 7.68. The number of alkyl halides is 3. The van der Waals surface area contributed by atoms with Crippen LogP contribution in [0.2, 0.25) is 0 Å². The first-order valence-electron chi connectivity index (χ1n) is 8.42. The number of nitrogens with one attached hydrogen (secondary N) is 1. The number of nitrogens with zero attached hydrogens (tertiary/aromatic N) is 1. The Morgan fingerprint density at radius 3 is 2.58 bits per heavy atom. The van der Waals surface area contributed by atoms with Gasteiger partial charge in [-0.2, -0.15) is 13.2 Å². The van der Waals surface area contributed by atoms with Crippen molar-refractivity contribution in [2.24, 2.45) is 0 Å². The highest BCUT2D eigenvalue weighted by Gasteiger charge is 2.31. The van der Waals surface area contributed by atoms with Crippen molar-refractivity contribution in [1.29, 1.82) is 0 Å². The van der Waals surface area contributed by atoms with Gasteiger partial charge in [-0.1, -0.05) is 0 Å². The summed E-state index contributed by atoms with van der Waals surface area (Å²) >= 11 is 0. The van der Waals surface area contributed by atoms with Crippen LogP contribution in [0.15, 0.2) is 47.1 Å². The molecular weight excluding hydrogens is 345 g/mol. The number of benzene rings is 1. The number of rotatable bonds is 4. The maximum Gasteiger partial charge on any atom is 0.416 e. The first-order chi connectivity index (χ1) is 12.4. The van der Waals surface area contributed by atoms with Gasteiger partial charge >= 0.3 is 6.18 Å². The van der Waals surface area contributed by atoms with E-state index in [0.717, 1.165) is 44.5 Å². The molecule has 1 aliphatic rings. The van der Waals surface area contributed by atoms with Gasteiger partial charge in [-0.05, 0) is 55.7 Å². The molecule has 2 heterocycles. The standard InChI is InChI=1S/C19H19F3N2O2/c20-19(21,22)14-6-8-17(24-10-2-1-3-11-24)16(13-14)23-18(25)9-7-15-5-4-12-26-15/h4-9,12-13H,1-3,10-11H2,(H,23,25)/b9-7+. The molecule has 4 nitrogen and oxygen atoms in total. The van der Waals surface area contributed by atoms with Gasteiger partial charge in [0.15, 0.2) is 0 Å². The van der Waals surface area contributed by atoms with E-state index >= 15 is 0 Å². The molecule has 0 spiro atoms. The summed E-state index contributed by atoms with van der Waals surface area (Å²) in [5.41, 5.74) is -0.0168. The molecule has 1 aromatic heterocycles. The van der Waals surface area contributed by atoms with Crippen molar-refractivity contribution in [3.63, 3.8) is 0 Å². The number of halogens is 3. The van der Waals surface area contributed by atoms with Gasteiger partial charge in [0.2, 0.25) is 5.91 Å². The number of furan rings is 1. The van der Waals surface area contributed by atoms with E-state index in [1.165, 1.54) is 24.5 Å². The Morgan fingerprint density at radius 1 is 1.15 bits per heavy atom. The van der Waals surface area contributed by atoms with Crippen LogP contribution in [-0.4, -0.2) is 19.0 Å². The van der Waals surface area contributed by atoms with Gasteiger partial charge in [0, 0.05) is 19.2 Å². The van der Waals surface area contributed by atoms with Crippen LogP contribution in [-0.2, 0) is 11.0 Å². The number of hydrogen-bond donors (Lipinski definition) is 1. The molecule has 1 fully saturated rings. The van der Waals surface area contributed by atoms with Crippen LogP contribution < -0.4 is 10.2 Å². The van der Waals surface area contributed by atoms with Gasteiger partial charge in [0.25, 0.3) is 0 Å². The first kappa shape index (κ1) is 18.1. The van der Waals surface area contributed by atoms with E-state index in [2.05, 4.69) is 5.32 Å². The molecule has 1 saturated heterocycles. The van der Waals surface area contributed by atoms with E-state index in [4.69, 9.17) is 4.42 Å². The number of hydrogen-bond acceptors (Lipinski definition) is 3. The summed E-state index contributed by atoms with van der Waals surface area (Å²) < 4.78 is 44.3. The van der Waals surface area contributed by atoms with Crippen LogP contribution in [0.25, 0.3) is 6.08 Å². The minimum atomic E-state index is -4.47. The lowest BCUT2D eigenvalue weighted by molar-refractivity contribution is -0.137.